The average Bonchev–Trinajstić information content (AvgIpc) is 3.46. The summed E-state index contributed by atoms with van der Waals surface area (Å²) < 4.78 is 16.9. The van der Waals surface area contributed by atoms with Crippen LogP contribution in [0, 0.1) is 0 Å². The van der Waals surface area contributed by atoms with Gasteiger partial charge in [0.05, 0.1) is 0 Å². The fourth-order valence-corrected chi connectivity index (χ4v) is 8.95. The zero-order chi connectivity index (χ0) is 57.8. The lowest BCUT2D eigenvalue weighted by molar-refractivity contribution is -0.167. The van der Waals surface area contributed by atoms with Crippen LogP contribution in [0.5, 0.6) is 0 Å². The molecule has 0 aliphatic carbocycles. The molecule has 0 saturated heterocycles. The number of rotatable bonds is 59. The first-order valence-electron chi connectivity index (χ1n) is 33.2. The first-order valence-corrected chi connectivity index (χ1v) is 33.2. The van der Waals surface area contributed by atoms with E-state index in [0.717, 1.165) is 135 Å². The molecule has 0 aromatic carbocycles. The fraction of sp³-hybridized carbons (Fsp3) is 0.662. The number of hydrogen-bond acceptors (Lipinski definition) is 6. The predicted molar refractivity (Wildman–Crippen MR) is 348 cm³/mol. The van der Waals surface area contributed by atoms with Crippen molar-refractivity contribution in [3.63, 3.8) is 0 Å². The van der Waals surface area contributed by atoms with E-state index in [-0.39, 0.29) is 37.5 Å². The Labute approximate surface area is 494 Å². The molecular formula is C74H122O6. The standard InChI is InChI=1S/C74H122O6/c1-4-7-10-13-16-19-22-25-27-29-31-33-34-35-36-37-38-39-40-41-43-44-46-49-52-55-58-61-64-67-73(76)79-70-71(69-78-72(75)66-63-60-57-54-51-48-24-21-18-15-12-9-6-3)80-74(77)68-65-62-59-56-53-50-47-45-42-32-30-28-26-23-20-17-14-11-8-5-2/h7,10,12,15-16,19,21,24-25,27,31,33,35-36,38-39,41,43,46,49,55,58,71H,4-6,8-9,11,13-14,17-18,20,22-23,26,28-30,32,34,37,40,42,44-45,47-48,50-54,56-57,59-70H2,1-3H3/b10-7-,15-12-,19-16-,24-21-,27-25-,33-31-,36-35-,39-38-,43-41-,49-46-,58-55-. The SMILES string of the molecule is CC/C=C\C/C=C\C/C=C\C/C=C\C/C=C\C/C=C\C/C=C\C/C=C\C/C=C\CCCC(=O)OCC(COC(=O)CCCCCCC/C=C\C/C=C\CCC)OC(=O)CCCCCCCCCCCCCCCCCCCCCC. The van der Waals surface area contributed by atoms with Crippen molar-refractivity contribution in [1.82, 2.24) is 0 Å². The second-order valence-electron chi connectivity index (χ2n) is 21.6. The van der Waals surface area contributed by atoms with Gasteiger partial charge in [-0.25, -0.2) is 0 Å². The molecule has 0 aliphatic heterocycles. The Hall–Kier alpha value is -4.45. The van der Waals surface area contributed by atoms with E-state index in [1.165, 1.54) is 116 Å². The Morgan fingerprint density at radius 1 is 0.263 bits per heavy atom. The van der Waals surface area contributed by atoms with Crippen molar-refractivity contribution < 1.29 is 28.6 Å². The van der Waals surface area contributed by atoms with Gasteiger partial charge in [-0.3, -0.25) is 14.4 Å². The third-order valence-electron chi connectivity index (χ3n) is 13.9. The number of allylic oxidation sites excluding steroid dienone is 22. The average molecular weight is 1110 g/mol. The molecule has 0 radical (unpaired) electrons. The van der Waals surface area contributed by atoms with Gasteiger partial charge in [-0.1, -0.05) is 302 Å². The van der Waals surface area contributed by atoms with Crippen molar-refractivity contribution in [2.24, 2.45) is 0 Å². The van der Waals surface area contributed by atoms with Gasteiger partial charge in [0.1, 0.15) is 13.2 Å². The molecule has 0 bridgehead atoms. The first kappa shape index (κ1) is 75.5. The van der Waals surface area contributed by atoms with Crippen molar-refractivity contribution in [3.05, 3.63) is 134 Å². The monoisotopic (exact) mass is 1110 g/mol. The van der Waals surface area contributed by atoms with Crippen molar-refractivity contribution in [3.8, 4) is 0 Å². The molecule has 0 amide bonds. The zero-order valence-corrected chi connectivity index (χ0v) is 52.0. The summed E-state index contributed by atoms with van der Waals surface area (Å²) in [5, 5.41) is 0. The van der Waals surface area contributed by atoms with Gasteiger partial charge < -0.3 is 14.2 Å². The van der Waals surface area contributed by atoms with Gasteiger partial charge in [0, 0.05) is 19.3 Å². The molecule has 0 saturated carbocycles. The predicted octanol–water partition coefficient (Wildman–Crippen LogP) is 22.9. The maximum absolute atomic E-state index is 12.9. The van der Waals surface area contributed by atoms with E-state index in [0.29, 0.717) is 19.3 Å². The third kappa shape index (κ3) is 64.4. The zero-order valence-electron chi connectivity index (χ0n) is 52.0. The molecule has 0 aliphatic rings. The first-order chi connectivity index (χ1) is 39.5. The van der Waals surface area contributed by atoms with Crippen LogP contribution in [0.4, 0.5) is 0 Å². The highest BCUT2D eigenvalue weighted by Crippen LogP contribution is 2.16. The largest absolute Gasteiger partial charge is 0.462 e. The maximum atomic E-state index is 12.9. The minimum absolute atomic E-state index is 0.105. The smallest absolute Gasteiger partial charge is 0.306 e. The van der Waals surface area contributed by atoms with E-state index in [1.54, 1.807) is 0 Å². The Morgan fingerprint density at radius 3 is 0.863 bits per heavy atom. The maximum Gasteiger partial charge on any atom is 0.306 e. The number of carbonyl (C=O) groups is 3. The lowest BCUT2D eigenvalue weighted by Gasteiger charge is -2.18. The van der Waals surface area contributed by atoms with Crippen LogP contribution < -0.4 is 0 Å². The molecule has 0 aromatic heterocycles. The van der Waals surface area contributed by atoms with Gasteiger partial charge in [0.2, 0.25) is 0 Å². The van der Waals surface area contributed by atoms with Gasteiger partial charge in [-0.2, -0.15) is 0 Å². The van der Waals surface area contributed by atoms with Crippen molar-refractivity contribution >= 4 is 17.9 Å². The van der Waals surface area contributed by atoms with Gasteiger partial charge in [0.25, 0.3) is 0 Å². The lowest BCUT2D eigenvalue weighted by Crippen LogP contribution is -2.30. The van der Waals surface area contributed by atoms with Gasteiger partial charge in [-0.15, -0.1) is 0 Å². The van der Waals surface area contributed by atoms with Crippen LogP contribution >= 0.6 is 0 Å². The summed E-state index contributed by atoms with van der Waals surface area (Å²) in [7, 11) is 0. The van der Waals surface area contributed by atoms with E-state index < -0.39 is 6.10 Å². The molecule has 0 rings (SSSR count). The number of hydrogen-bond donors (Lipinski definition) is 0. The highest BCUT2D eigenvalue weighted by Gasteiger charge is 2.19. The third-order valence-corrected chi connectivity index (χ3v) is 13.9. The molecular weight excluding hydrogens is 985 g/mol. The summed E-state index contributed by atoms with van der Waals surface area (Å²) >= 11 is 0. The minimum Gasteiger partial charge on any atom is -0.462 e. The van der Waals surface area contributed by atoms with Crippen LogP contribution in [0.2, 0.25) is 0 Å². The van der Waals surface area contributed by atoms with Crippen LogP contribution in [-0.4, -0.2) is 37.2 Å². The molecule has 1 atom stereocenters. The summed E-state index contributed by atoms with van der Waals surface area (Å²) in [6.45, 7) is 6.42. The Balaban J connectivity index is 4.43. The highest BCUT2D eigenvalue weighted by atomic mass is 16.6. The molecule has 454 valence electrons. The van der Waals surface area contributed by atoms with Gasteiger partial charge >= 0.3 is 17.9 Å². The number of unbranched alkanes of at least 4 members (excludes halogenated alkanes) is 26. The van der Waals surface area contributed by atoms with Gasteiger partial charge in [-0.05, 0) is 109 Å². The number of esters is 3. The second-order valence-corrected chi connectivity index (χ2v) is 21.6. The minimum atomic E-state index is -0.811. The molecule has 6 heteroatoms. The fourth-order valence-electron chi connectivity index (χ4n) is 8.95. The highest BCUT2D eigenvalue weighted by molar-refractivity contribution is 5.71. The molecule has 0 N–H and O–H groups in total. The van der Waals surface area contributed by atoms with Crippen LogP contribution in [0.15, 0.2) is 134 Å². The van der Waals surface area contributed by atoms with E-state index in [1.807, 2.05) is 0 Å². The summed E-state index contributed by atoms with van der Waals surface area (Å²) in [5.74, 6) is -0.973. The van der Waals surface area contributed by atoms with E-state index in [9.17, 15) is 14.4 Å². The van der Waals surface area contributed by atoms with E-state index in [2.05, 4.69) is 154 Å². The van der Waals surface area contributed by atoms with Crippen LogP contribution in [0.3, 0.4) is 0 Å². The molecule has 0 fully saturated rings. The second kappa shape index (κ2) is 67.1. The van der Waals surface area contributed by atoms with Crippen LogP contribution in [0.25, 0.3) is 0 Å². The Morgan fingerprint density at radius 2 is 0.525 bits per heavy atom. The topological polar surface area (TPSA) is 78.9 Å². The Kier molecular flexibility index (Phi) is 63.3. The van der Waals surface area contributed by atoms with Crippen LogP contribution in [0.1, 0.15) is 297 Å². The molecule has 0 heterocycles. The van der Waals surface area contributed by atoms with Crippen molar-refractivity contribution in [2.75, 3.05) is 13.2 Å². The summed E-state index contributed by atoms with van der Waals surface area (Å²) in [6.07, 6.45) is 94.7. The molecule has 6 nitrogen and oxygen atoms in total. The summed E-state index contributed by atoms with van der Waals surface area (Å²) in [4.78, 5) is 38.3. The quantitative estimate of drug-likeness (QED) is 0.0261. The van der Waals surface area contributed by atoms with Gasteiger partial charge in [0.15, 0.2) is 6.10 Å². The van der Waals surface area contributed by atoms with Crippen LogP contribution in [-0.2, 0) is 28.6 Å². The normalized spacial score (nSPS) is 13.0. The van der Waals surface area contributed by atoms with Crippen molar-refractivity contribution in [2.45, 2.75) is 303 Å². The van der Waals surface area contributed by atoms with E-state index >= 15 is 0 Å². The van der Waals surface area contributed by atoms with Crippen molar-refractivity contribution in [1.29, 1.82) is 0 Å². The summed E-state index contributed by atoms with van der Waals surface area (Å²) in [6, 6.07) is 0. The number of carbonyl (C=O) groups excluding carboxylic acids is 3. The Bertz CT molecular complexity index is 1700. The molecule has 0 spiro atoms. The number of ether oxygens (including phenoxy) is 3. The molecule has 80 heavy (non-hydrogen) atoms. The molecule has 1 unspecified atom stereocenters. The molecule has 0 aromatic rings. The lowest BCUT2D eigenvalue weighted by atomic mass is 10.0. The summed E-state index contributed by atoms with van der Waals surface area (Å²) in [5.41, 5.74) is 0. The van der Waals surface area contributed by atoms with E-state index in [4.69, 9.17) is 14.2 Å².